The Labute approximate surface area is 200 Å². The molecule has 3 aromatic heterocycles. The standard InChI is InChI=1S/C21H21ClN6O5S/c1-5-33-15-11-6-8-12(23-15)20-26-19-21(25-18(17(22)24-19)27-34(4,29)30)28(20)16-13(31-2)9-7-10-14(16)32-3/h6-11H,5H2,1-4H3,(H,25,27). The Morgan fingerprint density at radius 3 is 2.29 bits per heavy atom. The average Bonchev–Trinajstić information content (AvgIpc) is 3.15. The normalized spacial score (nSPS) is 11.4. The summed E-state index contributed by atoms with van der Waals surface area (Å²) in [6, 6.07) is 10.5. The molecule has 1 N–H and O–H groups in total. The number of methoxy groups -OCH3 is 2. The smallest absolute Gasteiger partial charge is 0.231 e. The maximum atomic E-state index is 11.8. The van der Waals surface area contributed by atoms with Gasteiger partial charge in [0.15, 0.2) is 28.1 Å². The molecule has 0 atom stereocenters. The van der Waals surface area contributed by atoms with E-state index in [1.54, 1.807) is 41.0 Å². The lowest BCUT2D eigenvalue weighted by Crippen LogP contribution is -2.12. The molecule has 0 aliphatic rings. The minimum atomic E-state index is -3.67. The number of sulfonamides is 1. The molecule has 34 heavy (non-hydrogen) atoms. The van der Waals surface area contributed by atoms with Crippen molar-refractivity contribution in [1.29, 1.82) is 0 Å². The molecule has 0 radical (unpaired) electrons. The van der Waals surface area contributed by atoms with Gasteiger partial charge in [0.05, 0.1) is 27.1 Å². The molecule has 0 saturated carbocycles. The molecule has 0 bridgehead atoms. The van der Waals surface area contributed by atoms with E-state index in [0.717, 1.165) is 6.26 Å². The van der Waals surface area contributed by atoms with Crippen molar-refractivity contribution < 1.29 is 22.6 Å². The number of imidazole rings is 1. The topological polar surface area (TPSA) is 130 Å². The van der Waals surface area contributed by atoms with Crippen molar-refractivity contribution in [2.75, 3.05) is 31.8 Å². The fourth-order valence-corrected chi connectivity index (χ4v) is 4.04. The molecule has 13 heteroatoms. The van der Waals surface area contributed by atoms with E-state index in [1.165, 1.54) is 14.2 Å². The number of aromatic nitrogens is 5. The van der Waals surface area contributed by atoms with Crippen molar-refractivity contribution in [2.45, 2.75) is 6.92 Å². The Balaban J connectivity index is 2.10. The van der Waals surface area contributed by atoms with Gasteiger partial charge in [0, 0.05) is 6.07 Å². The maximum Gasteiger partial charge on any atom is 0.231 e. The largest absolute Gasteiger partial charge is 0.494 e. The Hall–Kier alpha value is -3.64. The number of para-hydroxylation sites is 1. The molecule has 4 rings (SSSR count). The molecule has 0 unspecified atom stereocenters. The first kappa shape index (κ1) is 23.5. The summed E-state index contributed by atoms with van der Waals surface area (Å²) in [7, 11) is -0.637. The number of ether oxygens (including phenoxy) is 3. The van der Waals surface area contributed by atoms with Crippen molar-refractivity contribution in [3.05, 3.63) is 41.6 Å². The highest BCUT2D eigenvalue weighted by Crippen LogP contribution is 2.38. The molecule has 178 valence electrons. The lowest BCUT2D eigenvalue weighted by atomic mass is 10.2. The Kier molecular flexibility index (Phi) is 6.44. The van der Waals surface area contributed by atoms with Crippen LogP contribution >= 0.6 is 11.6 Å². The lowest BCUT2D eigenvalue weighted by Gasteiger charge is -2.16. The van der Waals surface area contributed by atoms with Gasteiger partial charge in [-0.3, -0.25) is 9.29 Å². The number of anilines is 1. The number of hydrogen-bond donors (Lipinski definition) is 1. The number of halogens is 1. The first-order valence-corrected chi connectivity index (χ1v) is 12.3. The molecule has 0 fully saturated rings. The molecular weight excluding hydrogens is 484 g/mol. The van der Waals surface area contributed by atoms with E-state index in [0.29, 0.717) is 41.2 Å². The maximum absolute atomic E-state index is 11.8. The van der Waals surface area contributed by atoms with Gasteiger partial charge in [0.2, 0.25) is 15.9 Å². The summed E-state index contributed by atoms with van der Waals surface area (Å²) in [5, 5.41) is -0.155. The predicted octanol–water partition coefficient (Wildman–Crippen LogP) is 3.32. The van der Waals surface area contributed by atoms with Gasteiger partial charge in [-0.25, -0.2) is 28.4 Å². The van der Waals surface area contributed by atoms with Gasteiger partial charge in [0.25, 0.3) is 0 Å². The van der Waals surface area contributed by atoms with E-state index < -0.39 is 10.0 Å². The Morgan fingerprint density at radius 2 is 1.68 bits per heavy atom. The summed E-state index contributed by atoms with van der Waals surface area (Å²) < 4.78 is 44.3. The quantitative estimate of drug-likeness (QED) is 0.384. The molecule has 0 amide bonds. The number of nitrogens with one attached hydrogen (secondary N) is 1. The zero-order valence-electron chi connectivity index (χ0n) is 18.7. The number of nitrogens with zero attached hydrogens (tertiary/aromatic N) is 5. The molecule has 0 spiro atoms. The van der Waals surface area contributed by atoms with E-state index in [9.17, 15) is 8.42 Å². The Bertz CT molecular complexity index is 1450. The molecule has 0 saturated heterocycles. The van der Waals surface area contributed by atoms with Gasteiger partial charge in [-0.2, -0.15) is 0 Å². The summed E-state index contributed by atoms with van der Waals surface area (Å²) in [5.41, 5.74) is 1.29. The zero-order chi connectivity index (χ0) is 24.5. The highest BCUT2D eigenvalue weighted by atomic mass is 35.5. The molecule has 11 nitrogen and oxygen atoms in total. The number of pyridine rings is 1. The predicted molar refractivity (Wildman–Crippen MR) is 128 cm³/mol. The summed E-state index contributed by atoms with van der Waals surface area (Å²) in [6.07, 6.45) is 0.990. The highest BCUT2D eigenvalue weighted by Gasteiger charge is 2.25. The third kappa shape index (κ3) is 4.54. The van der Waals surface area contributed by atoms with Crippen molar-refractivity contribution in [3.63, 3.8) is 0 Å². The van der Waals surface area contributed by atoms with Crippen LogP contribution in [0, 0.1) is 0 Å². The van der Waals surface area contributed by atoms with E-state index in [1.807, 2.05) is 6.92 Å². The highest BCUT2D eigenvalue weighted by molar-refractivity contribution is 7.92. The molecule has 1 aromatic carbocycles. The first-order valence-electron chi connectivity index (χ1n) is 10.0. The first-order chi connectivity index (χ1) is 16.3. The van der Waals surface area contributed by atoms with E-state index >= 15 is 0 Å². The Morgan fingerprint density at radius 1 is 1.00 bits per heavy atom. The van der Waals surface area contributed by atoms with Crippen LogP contribution in [0.2, 0.25) is 5.15 Å². The van der Waals surface area contributed by atoms with Crippen molar-refractivity contribution in [2.24, 2.45) is 0 Å². The lowest BCUT2D eigenvalue weighted by molar-refractivity contribution is 0.327. The van der Waals surface area contributed by atoms with Crippen LogP contribution in [-0.2, 0) is 10.0 Å². The minimum absolute atomic E-state index is 0.144. The fraction of sp³-hybridized carbons (Fsp3) is 0.238. The third-order valence-electron chi connectivity index (χ3n) is 4.60. The number of fused-ring (bicyclic) bond motifs is 1. The second-order valence-corrected chi connectivity index (χ2v) is 9.07. The minimum Gasteiger partial charge on any atom is -0.494 e. The summed E-state index contributed by atoms with van der Waals surface area (Å²) >= 11 is 6.21. The van der Waals surface area contributed by atoms with Crippen LogP contribution in [0.5, 0.6) is 17.4 Å². The van der Waals surface area contributed by atoms with Crippen LogP contribution in [-0.4, -0.2) is 60.0 Å². The summed E-state index contributed by atoms with van der Waals surface area (Å²) in [4.78, 5) is 17.9. The van der Waals surface area contributed by atoms with Gasteiger partial charge >= 0.3 is 0 Å². The van der Waals surface area contributed by atoms with Crippen molar-refractivity contribution in [3.8, 4) is 34.6 Å². The van der Waals surface area contributed by atoms with Gasteiger partial charge in [0.1, 0.15) is 22.9 Å². The van der Waals surface area contributed by atoms with Gasteiger partial charge in [-0.05, 0) is 25.1 Å². The van der Waals surface area contributed by atoms with E-state index in [-0.39, 0.29) is 22.3 Å². The molecule has 3 heterocycles. The van der Waals surface area contributed by atoms with Crippen LogP contribution in [0.25, 0.3) is 28.5 Å². The number of rotatable bonds is 8. The molecule has 4 aromatic rings. The third-order valence-corrected chi connectivity index (χ3v) is 5.43. The SMILES string of the molecule is CCOc1cccc(-c2nc3nc(Cl)c(NS(C)(=O)=O)nc3n2-c2c(OC)cccc2OC)n1. The number of benzene rings is 1. The average molecular weight is 505 g/mol. The fourth-order valence-electron chi connectivity index (χ4n) is 3.32. The van der Waals surface area contributed by atoms with Crippen LogP contribution in [0.3, 0.4) is 0 Å². The van der Waals surface area contributed by atoms with Gasteiger partial charge in [-0.15, -0.1) is 0 Å². The van der Waals surface area contributed by atoms with Crippen LogP contribution in [0.1, 0.15) is 6.92 Å². The van der Waals surface area contributed by atoms with Crippen molar-refractivity contribution in [1.82, 2.24) is 24.5 Å². The second-order valence-electron chi connectivity index (χ2n) is 6.96. The molecule has 0 aliphatic carbocycles. The van der Waals surface area contributed by atoms with Gasteiger partial charge in [-0.1, -0.05) is 23.7 Å². The summed E-state index contributed by atoms with van der Waals surface area (Å²) in [5.74, 6) is 1.51. The van der Waals surface area contributed by atoms with Gasteiger partial charge < -0.3 is 14.2 Å². The van der Waals surface area contributed by atoms with Crippen molar-refractivity contribution >= 4 is 38.7 Å². The van der Waals surface area contributed by atoms with Crippen LogP contribution < -0.4 is 18.9 Å². The van der Waals surface area contributed by atoms with E-state index in [4.69, 9.17) is 25.8 Å². The molecular formula is C21H21ClN6O5S. The monoisotopic (exact) mass is 504 g/mol. The van der Waals surface area contributed by atoms with E-state index in [2.05, 4.69) is 24.7 Å². The number of hydrogen-bond acceptors (Lipinski definition) is 9. The molecule has 0 aliphatic heterocycles. The second kappa shape index (κ2) is 9.31. The van der Waals surface area contributed by atoms with Crippen LogP contribution in [0.4, 0.5) is 5.82 Å². The summed E-state index contributed by atoms with van der Waals surface area (Å²) in [6.45, 7) is 2.29. The zero-order valence-corrected chi connectivity index (χ0v) is 20.3. The van der Waals surface area contributed by atoms with Crippen LogP contribution in [0.15, 0.2) is 36.4 Å².